The zero-order chi connectivity index (χ0) is 24.6. The lowest BCUT2D eigenvalue weighted by molar-refractivity contribution is 0.0953. The van der Waals surface area contributed by atoms with Gasteiger partial charge in [-0.2, -0.15) is 0 Å². The van der Waals surface area contributed by atoms with Gasteiger partial charge in [-0.3, -0.25) is 4.79 Å². The Morgan fingerprint density at radius 3 is 2.60 bits per heavy atom. The van der Waals surface area contributed by atoms with Crippen LogP contribution in [-0.2, 0) is 13.0 Å². The normalized spacial score (nSPS) is 11.1. The summed E-state index contributed by atoms with van der Waals surface area (Å²) >= 11 is 6.12. The van der Waals surface area contributed by atoms with Crippen LogP contribution in [0.25, 0.3) is 11.0 Å². The number of hydrogen-bond donors (Lipinski definition) is 1. The van der Waals surface area contributed by atoms with Crippen LogP contribution in [0.4, 0.5) is 0 Å². The largest absolute Gasteiger partial charge is 0.492 e. The quantitative estimate of drug-likeness (QED) is 0.244. The number of imidazole rings is 1. The molecule has 4 rings (SSSR count). The number of carbonyl (C=O) groups is 1. The van der Waals surface area contributed by atoms with Crippen molar-refractivity contribution in [2.75, 3.05) is 13.2 Å². The molecular weight excluding hydrogens is 458 g/mol. The van der Waals surface area contributed by atoms with Crippen molar-refractivity contribution in [2.24, 2.45) is 0 Å². The first-order valence-electron chi connectivity index (χ1n) is 12.2. The van der Waals surface area contributed by atoms with Crippen molar-refractivity contribution in [3.63, 3.8) is 0 Å². The summed E-state index contributed by atoms with van der Waals surface area (Å²) in [5, 5.41) is 3.76. The molecule has 0 aliphatic rings. The third-order valence-electron chi connectivity index (χ3n) is 6.12. The second kappa shape index (κ2) is 11.9. The van der Waals surface area contributed by atoms with E-state index in [1.54, 1.807) is 0 Å². The minimum absolute atomic E-state index is 0.0114. The van der Waals surface area contributed by atoms with Crippen LogP contribution in [0, 0.1) is 13.8 Å². The maximum Gasteiger partial charge on any atom is 0.251 e. The fraction of sp³-hybridized carbons (Fsp3) is 0.310. The van der Waals surface area contributed by atoms with E-state index in [1.165, 1.54) is 0 Å². The van der Waals surface area contributed by atoms with Gasteiger partial charge in [0, 0.05) is 23.6 Å². The molecule has 0 saturated carbocycles. The van der Waals surface area contributed by atoms with Gasteiger partial charge in [0.1, 0.15) is 18.2 Å². The fourth-order valence-corrected chi connectivity index (χ4v) is 4.24. The van der Waals surface area contributed by atoms with Crippen LogP contribution in [0.3, 0.4) is 0 Å². The van der Waals surface area contributed by atoms with Gasteiger partial charge in [0.15, 0.2) is 0 Å². The number of benzene rings is 3. The fourth-order valence-electron chi connectivity index (χ4n) is 4.12. The van der Waals surface area contributed by atoms with Crippen LogP contribution >= 0.6 is 11.6 Å². The van der Waals surface area contributed by atoms with Gasteiger partial charge < -0.3 is 14.6 Å². The summed E-state index contributed by atoms with van der Waals surface area (Å²) in [5.74, 6) is 1.89. The predicted octanol–water partition coefficient (Wildman–Crippen LogP) is 6.53. The highest BCUT2D eigenvalue weighted by molar-refractivity contribution is 6.31. The van der Waals surface area contributed by atoms with Crippen molar-refractivity contribution in [1.29, 1.82) is 0 Å². The van der Waals surface area contributed by atoms with Gasteiger partial charge in [0.05, 0.1) is 17.6 Å². The lowest BCUT2D eigenvalue weighted by atomic mass is 10.1. The minimum atomic E-state index is -0.0114. The van der Waals surface area contributed by atoms with Gasteiger partial charge in [0.2, 0.25) is 0 Å². The van der Waals surface area contributed by atoms with Crippen molar-refractivity contribution >= 4 is 28.5 Å². The number of hydrogen-bond acceptors (Lipinski definition) is 3. The number of aryl methyl sites for hydroxylation is 3. The summed E-state index contributed by atoms with van der Waals surface area (Å²) in [7, 11) is 0. The molecule has 0 atom stereocenters. The van der Waals surface area contributed by atoms with E-state index < -0.39 is 0 Å². The predicted molar refractivity (Wildman–Crippen MR) is 142 cm³/mol. The Bertz CT molecular complexity index is 1280. The number of unbranched alkanes of at least 4 members (excludes halogenated alkanes) is 2. The number of rotatable bonds is 11. The molecule has 1 N–H and O–H groups in total. The topological polar surface area (TPSA) is 56.2 Å². The van der Waals surface area contributed by atoms with E-state index in [-0.39, 0.29) is 5.91 Å². The van der Waals surface area contributed by atoms with E-state index in [0.29, 0.717) is 18.7 Å². The van der Waals surface area contributed by atoms with Gasteiger partial charge in [0.25, 0.3) is 5.91 Å². The minimum Gasteiger partial charge on any atom is -0.492 e. The van der Waals surface area contributed by atoms with Crippen molar-refractivity contribution < 1.29 is 9.53 Å². The molecule has 6 heteroatoms. The van der Waals surface area contributed by atoms with Gasteiger partial charge >= 0.3 is 0 Å². The molecule has 0 fully saturated rings. The first kappa shape index (κ1) is 24.8. The van der Waals surface area contributed by atoms with Crippen LogP contribution < -0.4 is 10.1 Å². The van der Waals surface area contributed by atoms with Gasteiger partial charge in [-0.1, -0.05) is 47.9 Å². The standard InChI is InChI=1S/C29H32ClN3O2/c1-21-11-13-23(14-12-21)29(34)31-17-7-3-4-10-28-32-26-8-5-6-9-27(26)33(28)18-19-35-24-15-16-25(30)22(2)20-24/h5-6,8-9,11-16,20H,3-4,7,10,17-19H2,1-2H3,(H,31,34). The maximum absolute atomic E-state index is 12.2. The van der Waals surface area contributed by atoms with Crippen LogP contribution in [0.1, 0.15) is 46.6 Å². The van der Waals surface area contributed by atoms with E-state index in [0.717, 1.165) is 71.0 Å². The summed E-state index contributed by atoms with van der Waals surface area (Å²) in [6, 6.07) is 21.6. The number of ether oxygens (including phenoxy) is 1. The molecule has 1 heterocycles. The molecule has 0 aliphatic heterocycles. The van der Waals surface area contributed by atoms with E-state index in [9.17, 15) is 4.79 Å². The van der Waals surface area contributed by atoms with Crippen molar-refractivity contribution in [2.45, 2.75) is 46.1 Å². The highest BCUT2D eigenvalue weighted by Gasteiger charge is 2.11. The van der Waals surface area contributed by atoms with E-state index >= 15 is 0 Å². The van der Waals surface area contributed by atoms with E-state index in [2.05, 4.69) is 22.0 Å². The summed E-state index contributed by atoms with van der Waals surface area (Å²) in [5.41, 5.74) is 5.01. The molecule has 0 radical (unpaired) electrons. The summed E-state index contributed by atoms with van der Waals surface area (Å²) in [6.07, 6.45) is 3.87. The third-order valence-corrected chi connectivity index (χ3v) is 6.55. The molecule has 0 aliphatic carbocycles. The second-order valence-corrected chi connectivity index (χ2v) is 9.27. The molecular formula is C29H32ClN3O2. The lowest BCUT2D eigenvalue weighted by Crippen LogP contribution is -2.24. The van der Waals surface area contributed by atoms with Crippen molar-refractivity contribution in [3.05, 3.63) is 94.3 Å². The Morgan fingerprint density at radius 1 is 1.00 bits per heavy atom. The number of fused-ring (bicyclic) bond motifs is 1. The summed E-state index contributed by atoms with van der Waals surface area (Å²) < 4.78 is 8.26. The van der Waals surface area contributed by atoms with E-state index in [4.69, 9.17) is 21.3 Å². The highest BCUT2D eigenvalue weighted by Crippen LogP contribution is 2.22. The number of amides is 1. The number of carbonyl (C=O) groups excluding carboxylic acids is 1. The second-order valence-electron chi connectivity index (χ2n) is 8.86. The average molecular weight is 490 g/mol. The Kier molecular flexibility index (Phi) is 8.43. The summed E-state index contributed by atoms with van der Waals surface area (Å²) in [4.78, 5) is 17.1. The molecule has 1 aromatic heterocycles. The molecule has 3 aromatic carbocycles. The van der Waals surface area contributed by atoms with E-state index in [1.807, 2.05) is 68.4 Å². The number of nitrogens with one attached hydrogen (secondary N) is 1. The molecule has 4 aromatic rings. The first-order valence-corrected chi connectivity index (χ1v) is 12.6. The molecule has 1 amide bonds. The highest BCUT2D eigenvalue weighted by atomic mass is 35.5. The zero-order valence-corrected chi connectivity index (χ0v) is 21.1. The molecule has 35 heavy (non-hydrogen) atoms. The molecule has 0 spiro atoms. The third kappa shape index (κ3) is 6.64. The summed E-state index contributed by atoms with van der Waals surface area (Å²) in [6.45, 7) is 5.95. The molecule has 0 saturated heterocycles. The van der Waals surface area contributed by atoms with Crippen LogP contribution in [-0.4, -0.2) is 28.6 Å². The van der Waals surface area contributed by atoms with Crippen LogP contribution in [0.5, 0.6) is 5.75 Å². The molecule has 182 valence electrons. The van der Waals surface area contributed by atoms with Crippen molar-refractivity contribution in [1.82, 2.24) is 14.9 Å². The smallest absolute Gasteiger partial charge is 0.251 e. The maximum atomic E-state index is 12.2. The number of aromatic nitrogens is 2. The van der Waals surface area contributed by atoms with Crippen molar-refractivity contribution in [3.8, 4) is 5.75 Å². The van der Waals surface area contributed by atoms with Gasteiger partial charge in [-0.25, -0.2) is 4.98 Å². The number of nitrogens with zero attached hydrogens (tertiary/aromatic N) is 2. The molecule has 0 bridgehead atoms. The molecule has 0 unspecified atom stereocenters. The number of para-hydroxylation sites is 2. The monoisotopic (exact) mass is 489 g/mol. The molecule has 5 nitrogen and oxygen atoms in total. The Hall–Kier alpha value is -3.31. The lowest BCUT2D eigenvalue weighted by Gasteiger charge is -2.12. The van der Waals surface area contributed by atoms with Crippen LogP contribution in [0.2, 0.25) is 5.02 Å². The first-order chi connectivity index (χ1) is 17.0. The van der Waals surface area contributed by atoms with Gasteiger partial charge in [-0.15, -0.1) is 0 Å². The van der Waals surface area contributed by atoms with Gasteiger partial charge in [-0.05, 0) is 74.7 Å². The number of halogens is 1. The van der Waals surface area contributed by atoms with Crippen LogP contribution in [0.15, 0.2) is 66.7 Å². The zero-order valence-electron chi connectivity index (χ0n) is 20.4. The SMILES string of the molecule is Cc1ccc(C(=O)NCCCCCc2nc3ccccc3n2CCOc2ccc(Cl)c(C)c2)cc1. The Balaban J connectivity index is 1.27. The Labute approximate surface area is 212 Å². The Morgan fingerprint density at radius 2 is 1.80 bits per heavy atom. The average Bonchev–Trinajstić information content (AvgIpc) is 3.21.